The zero-order valence-corrected chi connectivity index (χ0v) is 18.2. The highest BCUT2D eigenvalue weighted by Crippen LogP contribution is 2.37. The number of nitrogens with one attached hydrogen (secondary N) is 1. The number of amides is 1. The Kier molecular flexibility index (Phi) is 7.48. The Morgan fingerprint density at radius 3 is 2.52 bits per heavy atom. The minimum atomic E-state index is -0.845. The second-order valence-electron chi connectivity index (χ2n) is 7.48. The fourth-order valence-electron chi connectivity index (χ4n) is 3.68. The summed E-state index contributed by atoms with van der Waals surface area (Å²) < 4.78 is 16.3. The summed E-state index contributed by atoms with van der Waals surface area (Å²) in [5, 5.41) is 14.3. The highest BCUT2D eigenvalue weighted by atomic mass is 35.5. The van der Waals surface area contributed by atoms with Gasteiger partial charge in [-0.1, -0.05) is 23.7 Å². The summed E-state index contributed by atoms with van der Waals surface area (Å²) in [5.41, 5.74) is 0.395. The van der Waals surface area contributed by atoms with Gasteiger partial charge in [-0.05, 0) is 43.5 Å². The van der Waals surface area contributed by atoms with Gasteiger partial charge in [0.25, 0.3) is 5.69 Å². The number of halogens is 1. The van der Waals surface area contributed by atoms with E-state index in [0.29, 0.717) is 49.1 Å². The number of nitro benzene ring substituents is 1. The second kappa shape index (κ2) is 10.1. The van der Waals surface area contributed by atoms with E-state index in [2.05, 4.69) is 5.32 Å². The largest absolute Gasteiger partial charge is 0.487 e. The molecule has 1 atom stereocenters. The molecule has 1 heterocycles. The zero-order chi connectivity index (χ0) is 22.4. The molecule has 0 aliphatic carbocycles. The minimum absolute atomic E-state index is 0.0172. The maximum atomic E-state index is 13.4. The molecule has 1 aliphatic heterocycles. The van der Waals surface area contributed by atoms with Crippen molar-refractivity contribution in [3.8, 4) is 5.75 Å². The third-order valence-corrected chi connectivity index (χ3v) is 5.63. The fraction of sp³-hybridized carbons (Fsp3) is 0.409. The summed E-state index contributed by atoms with van der Waals surface area (Å²) in [4.78, 5) is 23.9. The first kappa shape index (κ1) is 23.0. The van der Waals surface area contributed by atoms with Gasteiger partial charge in [0.05, 0.1) is 22.0 Å². The van der Waals surface area contributed by atoms with E-state index in [0.717, 1.165) is 5.56 Å². The van der Waals surface area contributed by atoms with Crippen molar-refractivity contribution in [2.45, 2.75) is 31.3 Å². The summed E-state index contributed by atoms with van der Waals surface area (Å²) in [6, 6.07) is 11.2. The van der Waals surface area contributed by atoms with Gasteiger partial charge >= 0.3 is 0 Å². The second-order valence-corrected chi connectivity index (χ2v) is 7.89. The van der Waals surface area contributed by atoms with Gasteiger partial charge in [0.15, 0.2) is 0 Å². The maximum Gasteiger partial charge on any atom is 0.269 e. The van der Waals surface area contributed by atoms with E-state index < -0.39 is 10.3 Å². The van der Waals surface area contributed by atoms with Crippen LogP contribution < -0.4 is 10.1 Å². The normalized spacial score (nSPS) is 16.4. The SMILES string of the molecule is COC[C@H](C)Oc1ccc(NC(=O)C2(c3ccc([N+](=O)[O-])cc3)CCOCC2)cc1Cl. The molecule has 2 aromatic rings. The van der Waals surface area contributed by atoms with Crippen molar-refractivity contribution >= 4 is 28.9 Å². The average molecular weight is 449 g/mol. The predicted octanol–water partition coefficient (Wildman–Crippen LogP) is 4.35. The van der Waals surface area contributed by atoms with Gasteiger partial charge < -0.3 is 19.5 Å². The molecule has 1 fully saturated rings. The molecule has 0 spiro atoms. The quantitative estimate of drug-likeness (QED) is 0.476. The molecule has 2 aromatic carbocycles. The molecule has 0 aromatic heterocycles. The van der Waals surface area contributed by atoms with Gasteiger partial charge in [0.2, 0.25) is 5.91 Å². The van der Waals surface area contributed by atoms with Crippen LogP contribution in [0.5, 0.6) is 5.75 Å². The standard InChI is InChI=1S/C22H25ClN2O6/c1-15(14-29-2)31-20-8-5-17(13-19(20)23)24-21(26)22(9-11-30-12-10-22)16-3-6-18(7-4-16)25(27)28/h3-8,13,15H,9-12,14H2,1-2H3,(H,24,26)/t15-/m0/s1. The topological polar surface area (TPSA) is 99.9 Å². The monoisotopic (exact) mass is 448 g/mol. The van der Waals surface area contributed by atoms with Gasteiger partial charge in [0, 0.05) is 38.1 Å². The van der Waals surface area contributed by atoms with E-state index in [9.17, 15) is 14.9 Å². The van der Waals surface area contributed by atoms with E-state index in [1.54, 1.807) is 37.4 Å². The molecule has 9 heteroatoms. The minimum Gasteiger partial charge on any atom is -0.487 e. The molecule has 1 aliphatic rings. The Bertz CT molecular complexity index is 928. The molecule has 31 heavy (non-hydrogen) atoms. The van der Waals surface area contributed by atoms with Gasteiger partial charge in [0.1, 0.15) is 11.9 Å². The third-order valence-electron chi connectivity index (χ3n) is 5.33. The lowest BCUT2D eigenvalue weighted by atomic mass is 9.73. The number of anilines is 1. The van der Waals surface area contributed by atoms with Crippen LogP contribution in [0.1, 0.15) is 25.3 Å². The van der Waals surface area contributed by atoms with Crippen molar-refractivity contribution in [3.05, 3.63) is 63.2 Å². The molecule has 0 bridgehead atoms. The number of carbonyl (C=O) groups excluding carboxylic acids is 1. The summed E-state index contributed by atoms with van der Waals surface area (Å²) in [7, 11) is 1.59. The molecule has 0 radical (unpaired) electrons. The molecule has 1 amide bonds. The van der Waals surface area contributed by atoms with Crippen LogP contribution in [0.15, 0.2) is 42.5 Å². The van der Waals surface area contributed by atoms with E-state index in [1.807, 2.05) is 6.92 Å². The number of nitrogens with zero attached hydrogens (tertiary/aromatic N) is 1. The van der Waals surface area contributed by atoms with Gasteiger partial charge in [-0.25, -0.2) is 0 Å². The van der Waals surface area contributed by atoms with Crippen LogP contribution in [0, 0.1) is 10.1 Å². The molecule has 3 rings (SSSR count). The first-order chi connectivity index (χ1) is 14.9. The van der Waals surface area contributed by atoms with E-state index in [4.69, 9.17) is 25.8 Å². The Morgan fingerprint density at radius 2 is 1.94 bits per heavy atom. The van der Waals surface area contributed by atoms with Crippen molar-refractivity contribution < 1.29 is 23.9 Å². The summed E-state index contributed by atoms with van der Waals surface area (Å²) in [6.07, 6.45) is 0.774. The van der Waals surface area contributed by atoms with E-state index in [1.165, 1.54) is 12.1 Å². The number of rotatable bonds is 8. The van der Waals surface area contributed by atoms with Gasteiger partial charge in [-0.2, -0.15) is 0 Å². The van der Waals surface area contributed by atoms with Crippen LogP contribution in [0.2, 0.25) is 5.02 Å². The lowest BCUT2D eigenvalue weighted by Gasteiger charge is -2.36. The highest BCUT2D eigenvalue weighted by molar-refractivity contribution is 6.32. The van der Waals surface area contributed by atoms with Crippen molar-refractivity contribution in [2.24, 2.45) is 0 Å². The Labute approximate surface area is 185 Å². The van der Waals surface area contributed by atoms with E-state index >= 15 is 0 Å². The molecule has 0 saturated carbocycles. The number of carbonyl (C=O) groups is 1. The number of non-ortho nitro benzene ring substituents is 1. The zero-order valence-electron chi connectivity index (χ0n) is 17.4. The van der Waals surface area contributed by atoms with Crippen LogP contribution in [-0.4, -0.2) is 43.9 Å². The molecule has 8 nitrogen and oxygen atoms in total. The molecular weight excluding hydrogens is 424 g/mol. The number of nitro groups is 1. The summed E-state index contributed by atoms with van der Waals surface area (Å²) >= 11 is 6.34. The summed E-state index contributed by atoms with van der Waals surface area (Å²) in [6.45, 7) is 3.15. The Hall–Kier alpha value is -2.68. The number of methoxy groups -OCH3 is 1. The van der Waals surface area contributed by atoms with Crippen molar-refractivity contribution in [1.82, 2.24) is 0 Å². The fourth-order valence-corrected chi connectivity index (χ4v) is 3.90. The Morgan fingerprint density at radius 1 is 1.26 bits per heavy atom. The molecule has 0 unspecified atom stereocenters. The lowest BCUT2D eigenvalue weighted by molar-refractivity contribution is -0.384. The third kappa shape index (κ3) is 5.33. The van der Waals surface area contributed by atoms with Crippen LogP contribution in [-0.2, 0) is 19.7 Å². The predicted molar refractivity (Wildman–Crippen MR) is 117 cm³/mol. The van der Waals surface area contributed by atoms with Gasteiger partial charge in [-0.15, -0.1) is 0 Å². The molecule has 166 valence electrons. The lowest BCUT2D eigenvalue weighted by Crippen LogP contribution is -2.44. The Balaban J connectivity index is 1.81. The number of ether oxygens (including phenoxy) is 3. The molecule has 1 N–H and O–H groups in total. The number of hydrogen-bond acceptors (Lipinski definition) is 6. The van der Waals surface area contributed by atoms with Crippen molar-refractivity contribution in [1.29, 1.82) is 0 Å². The first-order valence-electron chi connectivity index (χ1n) is 9.95. The smallest absolute Gasteiger partial charge is 0.269 e. The van der Waals surface area contributed by atoms with E-state index in [-0.39, 0.29) is 17.7 Å². The highest BCUT2D eigenvalue weighted by Gasteiger charge is 2.42. The number of benzene rings is 2. The van der Waals surface area contributed by atoms with Crippen molar-refractivity contribution in [3.63, 3.8) is 0 Å². The van der Waals surface area contributed by atoms with Crippen LogP contribution >= 0.6 is 11.6 Å². The first-order valence-corrected chi connectivity index (χ1v) is 10.3. The van der Waals surface area contributed by atoms with Crippen molar-refractivity contribution in [2.75, 3.05) is 32.2 Å². The van der Waals surface area contributed by atoms with Crippen LogP contribution in [0.4, 0.5) is 11.4 Å². The molecule has 1 saturated heterocycles. The van der Waals surface area contributed by atoms with Crippen LogP contribution in [0.25, 0.3) is 0 Å². The molecular formula is C22H25ClN2O6. The average Bonchev–Trinajstić information content (AvgIpc) is 2.76. The van der Waals surface area contributed by atoms with Gasteiger partial charge in [-0.3, -0.25) is 14.9 Å². The van der Waals surface area contributed by atoms with Crippen LogP contribution in [0.3, 0.4) is 0 Å². The maximum absolute atomic E-state index is 13.4. The number of hydrogen-bond donors (Lipinski definition) is 1. The summed E-state index contributed by atoms with van der Waals surface area (Å²) in [5.74, 6) is 0.294.